The van der Waals surface area contributed by atoms with E-state index in [1.165, 1.54) is 14.7 Å². The van der Waals surface area contributed by atoms with Crippen molar-refractivity contribution in [2.24, 2.45) is 0 Å². The Balaban J connectivity index is 0.000000678. The van der Waals surface area contributed by atoms with E-state index < -0.39 is 16.1 Å². The van der Waals surface area contributed by atoms with E-state index in [9.17, 15) is 9.59 Å². The molecule has 0 bridgehead atoms. The average molecular weight is 715 g/mol. The Bertz CT molecular complexity index is 1200. The van der Waals surface area contributed by atoms with E-state index in [1.54, 1.807) is 13.8 Å². The van der Waals surface area contributed by atoms with Crippen molar-refractivity contribution in [3.8, 4) is 23.4 Å². The second kappa shape index (κ2) is 19.4. The number of carbonyl (C=O) groups is 2. The summed E-state index contributed by atoms with van der Waals surface area (Å²) < 4.78 is 1.26. The zero-order valence-corrected chi connectivity index (χ0v) is 32.4. The molecule has 0 radical (unpaired) electrons. The van der Waals surface area contributed by atoms with Gasteiger partial charge in [-0.2, -0.15) is 0 Å². The number of terminal acetylenes is 1. The highest BCUT2D eigenvalue weighted by Crippen LogP contribution is 2.35. The molecule has 2 aromatic carbocycles. The minimum atomic E-state index is -1.53. The van der Waals surface area contributed by atoms with Gasteiger partial charge in [0.2, 0.25) is 0 Å². The van der Waals surface area contributed by atoms with Crippen molar-refractivity contribution in [3.05, 3.63) is 68.8 Å². The Morgan fingerprint density at radius 1 is 0.810 bits per heavy atom. The number of halogens is 1. The third kappa shape index (κ3) is 17.9. The van der Waals surface area contributed by atoms with Crippen molar-refractivity contribution in [3.63, 3.8) is 0 Å². The van der Waals surface area contributed by atoms with Gasteiger partial charge in [0.25, 0.3) is 0 Å². The van der Waals surface area contributed by atoms with Crippen molar-refractivity contribution >= 4 is 50.3 Å². The van der Waals surface area contributed by atoms with Gasteiger partial charge in [-0.25, -0.2) is 0 Å². The first kappa shape index (κ1) is 40.1. The predicted octanol–water partition coefficient (Wildman–Crippen LogP) is 10.5. The molecule has 0 fully saturated rings. The Hall–Kier alpha value is -1.94. The normalized spacial score (nSPS) is 11.1. The summed E-state index contributed by atoms with van der Waals surface area (Å²) in [5.74, 6) is 3.90. The van der Waals surface area contributed by atoms with Gasteiger partial charge in [-0.15, -0.1) is 17.5 Å². The van der Waals surface area contributed by atoms with Gasteiger partial charge in [0, 0.05) is 22.0 Å². The van der Waals surface area contributed by atoms with Crippen LogP contribution < -0.4 is 0 Å². The van der Waals surface area contributed by atoms with E-state index in [2.05, 4.69) is 149 Å². The standard InChI is InChI=1S/C19H28OSi.C11H13IO.C7H14Si/c1-16(20)8-7-9-17-10-12-18(13-11-17)14-15-21(5,6)19(2,3)4;1-9(13)3-2-4-10-5-7-11(12)8-6-10;1-6-8(4,5)7(2)3/h10-13H,7-9H2,1-6H3;5-8H,2-4H2,1H3;1,7H,2-5H3. The topological polar surface area (TPSA) is 34.1 Å². The molecule has 2 nitrogen and oxygen atoms in total. The van der Waals surface area contributed by atoms with Crippen molar-refractivity contribution < 1.29 is 9.59 Å². The fraction of sp³-hybridized carbons (Fsp3) is 0.514. The highest BCUT2D eigenvalue weighted by atomic mass is 127. The molecule has 0 atom stereocenters. The molecule has 0 spiro atoms. The largest absolute Gasteiger partial charge is 0.300 e. The smallest absolute Gasteiger partial charge is 0.138 e. The van der Waals surface area contributed by atoms with Crippen molar-refractivity contribution in [1.29, 1.82) is 0 Å². The summed E-state index contributed by atoms with van der Waals surface area (Å²) in [4.78, 5) is 21.6. The summed E-state index contributed by atoms with van der Waals surface area (Å²) in [7, 11) is -2.76. The highest BCUT2D eigenvalue weighted by Gasteiger charge is 2.33. The molecular weight excluding hydrogens is 659 g/mol. The van der Waals surface area contributed by atoms with Crippen LogP contribution >= 0.6 is 22.6 Å². The predicted molar refractivity (Wildman–Crippen MR) is 198 cm³/mol. The highest BCUT2D eigenvalue weighted by molar-refractivity contribution is 14.1. The zero-order valence-electron chi connectivity index (χ0n) is 28.2. The molecule has 5 heteroatoms. The molecule has 0 saturated carbocycles. The maximum atomic E-state index is 10.9. The van der Waals surface area contributed by atoms with Crippen LogP contribution in [0.25, 0.3) is 0 Å². The van der Waals surface area contributed by atoms with Gasteiger partial charge in [-0.1, -0.05) is 91.0 Å². The molecule has 0 aromatic heterocycles. The Morgan fingerprint density at radius 2 is 1.21 bits per heavy atom. The van der Waals surface area contributed by atoms with Crippen molar-refractivity contribution in [2.45, 2.75) is 124 Å². The fourth-order valence-electron chi connectivity index (χ4n) is 3.07. The van der Waals surface area contributed by atoms with Crippen LogP contribution in [-0.2, 0) is 22.4 Å². The maximum Gasteiger partial charge on any atom is 0.138 e. The molecule has 0 aliphatic carbocycles. The molecule has 0 unspecified atom stereocenters. The maximum absolute atomic E-state index is 10.9. The molecule has 0 amide bonds. The number of hydrogen-bond acceptors (Lipinski definition) is 2. The molecular formula is C37H55IO2Si2. The summed E-state index contributed by atoms with van der Waals surface area (Å²) in [5.41, 5.74) is 10.8. The number of Topliss-reactive ketones (excluding diaryl/α,β-unsaturated/α-hetero) is 2. The van der Waals surface area contributed by atoms with Gasteiger partial charge in [0.15, 0.2) is 0 Å². The Labute approximate surface area is 274 Å². The summed E-state index contributed by atoms with van der Waals surface area (Å²) >= 11 is 2.29. The lowest BCUT2D eigenvalue weighted by Crippen LogP contribution is -2.35. The molecule has 0 aliphatic heterocycles. The van der Waals surface area contributed by atoms with Crippen LogP contribution in [0, 0.1) is 27.0 Å². The minimum Gasteiger partial charge on any atom is -0.300 e. The van der Waals surface area contributed by atoms with E-state index in [0.717, 1.165) is 31.2 Å². The summed E-state index contributed by atoms with van der Waals surface area (Å²) in [6.45, 7) is 23.7. The first-order valence-corrected chi connectivity index (χ1v) is 22.3. The van der Waals surface area contributed by atoms with Gasteiger partial charge in [0.1, 0.15) is 27.7 Å². The monoisotopic (exact) mass is 714 g/mol. The minimum absolute atomic E-state index is 0.270. The van der Waals surface area contributed by atoms with Crippen LogP contribution in [0.3, 0.4) is 0 Å². The van der Waals surface area contributed by atoms with Crippen molar-refractivity contribution in [2.75, 3.05) is 0 Å². The van der Waals surface area contributed by atoms with E-state index in [0.29, 0.717) is 23.4 Å². The van der Waals surface area contributed by atoms with Crippen LogP contribution in [0.15, 0.2) is 48.5 Å². The van der Waals surface area contributed by atoms with E-state index in [-0.39, 0.29) is 11.6 Å². The van der Waals surface area contributed by atoms with E-state index >= 15 is 0 Å². The molecule has 0 saturated heterocycles. The summed E-state index contributed by atoms with van der Waals surface area (Å²) in [6.07, 6.45) is 10.6. The summed E-state index contributed by atoms with van der Waals surface area (Å²) in [6, 6.07) is 16.9. The molecule has 0 aliphatic rings. The van der Waals surface area contributed by atoms with Crippen LogP contribution in [0.1, 0.15) is 90.8 Å². The number of benzene rings is 2. The van der Waals surface area contributed by atoms with E-state index in [1.807, 2.05) is 0 Å². The molecule has 2 aromatic rings. The van der Waals surface area contributed by atoms with Gasteiger partial charge in [-0.05, 0) is 108 Å². The molecule has 0 N–H and O–H groups in total. The molecule has 2 rings (SSSR count). The van der Waals surface area contributed by atoms with Crippen LogP contribution in [-0.4, -0.2) is 27.7 Å². The zero-order chi connectivity index (χ0) is 32.6. The Morgan fingerprint density at radius 3 is 1.52 bits per heavy atom. The number of carbonyl (C=O) groups excluding carboxylic acids is 2. The quantitative estimate of drug-likeness (QED) is 0.147. The van der Waals surface area contributed by atoms with Gasteiger partial charge >= 0.3 is 0 Å². The lowest BCUT2D eigenvalue weighted by atomic mass is 10.1. The fourth-order valence-corrected chi connectivity index (χ4v) is 4.60. The molecule has 0 heterocycles. The first-order valence-electron chi connectivity index (χ1n) is 15.1. The van der Waals surface area contributed by atoms with Gasteiger partial charge in [0.05, 0.1) is 0 Å². The number of rotatable bonds is 9. The van der Waals surface area contributed by atoms with Crippen molar-refractivity contribution in [1.82, 2.24) is 0 Å². The third-order valence-corrected chi connectivity index (χ3v) is 16.9. The lowest BCUT2D eigenvalue weighted by molar-refractivity contribution is -0.117. The first-order chi connectivity index (χ1) is 19.3. The number of hydrogen-bond donors (Lipinski definition) is 0. The number of aryl methyl sites for hydroxylation is 2. The van der Waals surface area contributed by atoms with Crippen LogP contribution in [0.2, 0.25) is 36.8 Å². The summed E-state index contributed by atoms with van der Waals surface area (Å²) in [5, 5.41) is 0.298. The van der Waals surface area contributed by atoms with Crippen LogP contribution in [0.5, 0.6) is 0 Å². The van der Waals surface area contributed by atoms with Gasteiger partial charge in [-0.3, -0.25) is 0 Å². The molecule has 42 heavy (non-hydrogen) atoms. The van der Waals surface area contributed by atoms with E-state index in [4.69, 9.17) is 6.42 Å². The lowest BCUT2D eigenvalue weighted by Gasteiger charge is -2.31. The second-order valence-corrected chi connectivity index (χ2v) is 24.7. The average Bonchev–Trinajstić information content (AvgIpc) is 2.89. The van der Waals surface area contributed by atoms with Crippen LogP contribution in [0.4, 0.5) is 0 Å². The third-order valence-electron chi connectivity index (χ3n) is 8.07. The number of ketones is 2. The van der Waals surface area contributed by atoms with Gasteiger partial charge < -0.3 is 9.59 Å². The molecule has 230 valence electrons. The Kier molecular flexibility index (Phi) is 18.5. The second-order valence-electron chi connectivity index (χ2n) is 13.6. The SMILES string of the molecule is C#C[Si](C)(C)C(C)C.CC(=O)CCCc1ccc(C#C[Si](C)(C)C(C)(C)C)cc1.CC(=O)CCCc1ccc(I)cc1.